The van der Waals surface area contributed by atoms with E-state index in [4.69, 9.17) is 16.3 Å². The number of nitrogens with zero attached hydrogens (tertiary/aromatic N) is 2. The molecule has 0 aliphatic carbocycles. The van der Waals surface area contributed by atoms with Gasteiger partial charge in [-0.2, -0.15) is 0 Å². The second kappa shape index (κ2) is 10.5. The monoisotopic (exact) mass is 472 g/mol. The van der Waals surface area contributed by atoms with Gasteiger partial charge in [0.2, 0.25) is 15.9 Å². The summed E-state index contributed by atoms with van der Waals surface area (Å²) in [5, 5.41) is 0.340. The summed E-state index contributed by atoms with van der Waals surface area (Å²) in [6.07, 6.45) is 1.05. The summed E-state index contributed by atoms with van der Waals surface area (Å²) < 4.78 is 31.6. The topological polar surface area (TPSA) is 66.9 Å². The number of hydrogen-bond donors (Lipinski definition) is 0. The molecule has 3 aromatic carbocycles. The van der Waals surface area contributed by atoms with Crippen molar-refractivity contribution in [1.29, 1.82) is 0 Å². The number of ether oxygens (including phenoxy) is 1. The van der Waals surface area contributed by atoms with E-state index in [0.29, 0.717) is 23.9 Å². The molecule has 0 aliphatic heterocycles. The van der Waals surface area contributed by atoms with Crippen molar-refractivity contribution in [3.63, 3.8) is 0 Å². The molecular weight excluding hydrogens is 448 g/mol. The van der Waals surface area contributed by atoms with E-state index in [9.17, 15) is 13.2 Å². The molecule has 1 amide bonds. The Labute approximate surface area is 194 Å². The molecule has 0 spiro atoms. The third-order valence-corrected chi connectivity index (χ3v) is 6.24. The number of amides is 1. The Morgan fingerprint density at radius 2 is 1.44 bits per heavy atom. The summed E-state index contributed by atoms with van der Waals surface area (Å²) in [5.74, 6) is -0.0320. The minimum Gasteiger partial charge on any atom is -0.495 e. The van der Waals surface area contributed by atoms with Crippen molar-refractivity contribution in [2.45, 2.75) is 13.1 Å². The van der Waals surface area contributed by atoms with Crippen LogP contribution in [-0.4, -0.2) is 39.1 Å². The summed E-state index contributed by atoms with van der Waals surface area (Å²) in [4.78, 5) is 15.1. The number of rotatable bonds is 9. The number of sulfonamides is 1. The van der Waals surface area contributed by atoms with Crippen LogP contribution >= 0.6 is 11.6 Å². The number of anilines is 1. The van der Waals surface area contributed by atoms with Gasteiger partial charge in [-0.25, -0.2) is 8.42 Å². The molecule has 0 unspecified atom stereocenters. The van der Waals surface area contributed by atoms with Gasteiger partial charge >= 0.3 is 0 Å². The zero-order valence-corrected chi connectivity index (χ0v) is 19.5. The van der Waals surface area contributed by atoms with Gasteiger partial charge in [0.25, 0.3) is 0 Å². The number of carbonyl (C=O) groups is 1. The Kier molecular flexibility index (Phi) is 7.77. The van der Waals surface area contributed by atoms with Gasteiger partial charge in [-0.15, -0.1) is 0 Å². The van der Waals surface area contributed by atoms with E-state index in [1.54, 1.807) is 17.0 Å². The molecule has 0 saturated heterocycles. The fraction of sp³-hybridized carbons (Fsp3) is 0.208. The van der Waals surface area contributed by atoms with Crippen LogP contribution in [0.5, 0.6) is 5.75 Å². The van der Waals surface area contributed by atoms with E-state index in [1.165, 1.54) is 13.2 Å². The first-order chi connectivity index (χ1) is 15.3. The Balaban J connectivity index is 1.93. The first kappa shape index (κ1) is 23.6. The van der Waals surface area contributed by atoms with Crippen molar-refractivity contribution >= 4 is 33.2 Å². The standard InChI is InChI=1S/C24H25ClN2O4S/c1-31-23-14-13-21(25)15-22(23)27(32(2,29)30)18-24(28)26(16-19-9-5-3-6-10-19)17-20-11-7-4-8-12-20/h3-15H,16-18H2,1-2H3. The van der Waals surface area contributed by atoms with Crippen molar-refractivity contribution in [3.05, 3.63) is 95.0 Å². The van der Waals surface area contributed by atoms with E-state index in [1.807, 2.05) is 60.7 Å². The third-order valence-electron chi connectivity index (χ3n) is 4.87. The molecule has 6 nitrogen and oxygen atoms in total. The van der Waals surface area contributed by atoms with Crippen LogP contribution < -0.4 is 9.04 Å². The lowest BCUT2D eigenvalue weighted by molar-refractivity contribution is -0.130. The highest BCUT2D eigenvalue weighted by Crippen LogP contribution is 2.33. The summed E-state index contributed by atoms with van der Waals surface area (Å²) in [6, 6.07) is 23.8. The predicted molar refractivity (Wildman–Crippen MR) is 127 cm³/mol. The maximum atomic E-state index is 13.4. The molecule has 0 aromatic heterocycles. The van der Waals surface area contributed by atoms with Crippen molar-refractivity contribution in [2.75, 3.05) is 24.2 Å². The number of halogens is 1. The van der Waals surface area contributed by atoms with Crippen LogP contribution in [0.4, 0.5) is 5.69 Å². The maximum absolute atomic E-state index is 13.4. The SMILES string of the molecule is COc1ccc(Cl)cc1N(CC(=O)N(Cc1ccccc1)Cc1ccccc1)S(C)(=O)=O. The third kappa shape index (κ3) is 6.24. The van der Waals surface area contributed by atoms with Crippen LogP contribution in [0.25, 0.3) is 0 Å². The Morgan fingerprint density at radius 3 is 1.91 bits per heavy atom. The Hall–Kier alpha value is -3.03. The molecular formula is C24H25ClN2O4S. The van der Waals surface area contributed by atoms with Crippen molar-refractivity contribution in [2.24, 2.45) is 0 Å². The molecule has 3 rings (SSSR count). The van der Waals surface area contributed by atoms with E-state index in [0.717, 1.165) is 21.7 Å². The minimum absolute atomic E-state index is 0.218. The number of carbonyl (C=O) groups excluding carboxylic acids is 1. The molecule has 0 bridgehead atoms. The van der Waals surface area contributed by atoms with Gasteiger partial charge in [0, 0.05) is 18.1 Å². The van der Waals surface area contributed by atoms with Crippen LogP contribution in [0, 0.1) is 0 Å². The zero-order chi connectivity index (χ0) is 23.1. The summed E-state index contributed by atoms with van der Waals surface area (Å²) >= 11 is 6.11. The molecule has 0 fully saturated rings. The van der Waals surface area contributed by atoms with E-state index < -0.39 is 10.0 Å². The second-order valence-corrected chi connectivity index (χ2v) is 9.65. The van der Waals surface area contributed by atoms with Gasteiger partial charge in [0.15, 0.2) is 0 Å². The van der Waals surface area contributed by atoms with Gasteiger partial charge in [-0.3, -0.25) is 9.10 Å². The molecule has 0 radical (unpaired) electrons. The van der Waals surface area contributed by atoms with Crippen LogP contribution in [0.1, 0.15) is 11.1 Å². The van der Waals surface area contributed by atoms with Gasteiger partial charge in [-0.1, -0.05) is 72.3 Å². The lowest BCUT2D eigenvalue weighted by Crippen LogP contribution is -2.42. The highest BCUT2D eigenvalue weighted by molar-refractivity contribution is 7.92. The van der Waals surface area contributed by atoms with Crippen LogP contribution in [0.15, 0.2) is 78.9 Å². The Bertz CT molecular complexity index is 1110. The highest BCUT2D eigenvalue weighted by Gasteiger charge is 2.27. The molecule has 8 heteroatoms. The van der Waals surface area contributed by atoms with E-state index >= 15 is 0 Å². The lowest BCUT2D eigenvalue weighted by atomic mass is 10.1. The van der Waals surface area contributed by atoms with Crippen LogP contribution in [0.3, 0.4) is 0 Å². The average Bonchev–Trinajstić information content (AvgIpc) is 2.77. The molecule has 0 saturated carbocycles. The van der Waals surface area contributed by atoms with Gasteiger partial charge in [-0.05, 0) is 29.3 Å². The maximum Gasteiger partial charge on any atom is 0.243 e. The number of methoxy groups -OCH3 is 1. The minimum atomic E-state index is -3.79. The normalized spacial score (nSPS) is 11.1. The molecule has 0 heterocycles. The smallest absolute Gasteiger partial charge is 0.243 e. The molecule has 0 N–H and O–H groups in total. The van der Waals surface area contributed by atoms with Crippen molar-refractivity contribution in [1.82, 2.24) is 4.90 Å². The number of benzene rings is 3. The van der Waals surface area contributed by atoms with Crippen molar-refractivity contribution in [3.8, 4) is 5.75 Å². The molecule has 0 atom stereocenters. The Morgan fingerprint density at radius 1 is 0.906 bits per heavy atom. The highest BCUT2D eigenvalue weighted by atomic mass is 35.5. The zero-order valence-electron chi connectivity index (χ0n) is 17.9. The second-order valence-electron chi connectivity index (χ2n) is 7.31. The first-order valence-corrected chi connectivity index (χ1v) is 12.2. The summed E-state index contributed by atoms with van der Waals surface area (Å²) in [7, 11) is -2.36. The van der Waals surface area contributed by atoms with Gasteiger partial charge < -0.3 is 9.64 Å². The molecule has 0 aliphatic rings. The van der Waals surface area contributed by atoms with Gasteiger partial charge in [0.1, 0.15) is 12.3 Å². The fourth-order valence-corrected chi connectivity index (χ4v) is 4.31. The van der Waals surface area contributed by atoms with E-state index in [2.05, 4.69) is 0 Å². The fourth-order valence-electron chi connectivity index (χ4n) is 3.30. The summed E-state index contributed by atoms with van der Waals surface area (Å²) in [5.41, 5.74) is 2.11. The van der Waals surface area contributed by atoms with Crippen LogP contribution in [-0.2, 0) is 27.9 Å². The average molecular weight is 473 g/mol. The van der Waals surface area contributed by atoms with Gasteiger partial charge in [0.05, 0.1) is 19.1 Å². The number of hydrogen-bond acceptors (Lipinski definition) is 4. The lowest BCUT2D eigenvalue weighted by Gasteiger charge is -2.28. The van der Waals surface area contributed by atoms with Crippen molar-refractivity contribution < 1.29 is 17.9 Å². The molecule has 168 valence electrons. The first-order valence-electron chi connectivity index (χ1n) is 9.95. The molecule has 3 aromatic rings. The predicted octanol–water partition coefficient (Wildman–Crippen LogP) is 4.34. The van der Waals surface area contributed by atoms with E-state index in [-0.39, 0.29) is 18.1 Å². The van der Waals surface area contributed by atoms with Crippen LogP contribution in [0.2, 0.25) is 5.02 Å². The molecule has 32 heavy (non-hydrogen) atoms. The quantitative estimate of drug-likeness (QED) is 0.464. The summed E-state index contributed by atoms with van der Waals surface area (Å²) in [6.45, 7) is 0.312. The largest absolute Gasteiger partial charge is 0.495 e.